The van der Waals surface area contributed by atoms with Crippen LogP contribution in [0.15, 0.2) is 17.2 Å². The van der Waals surface area contributed by atoms with E-state index in [1.807, 2.05) is 13.8 Å². The van der Waals surface area contributed by atoms with Crippen LogP contribution in [0.2, 0.25) is 0 Å². The Bertz CT molecular complexity index is 376. The number of anilines is 1. The van der Waals surface area contributed by atoms with Gasteiger partial charge in [0.15, 0.2) is 5.82 Å². The van der Waals surface area contributed by atoms with Gasteiger partial charge in [0.25, 0.3) is 5.56 Å². The Morgan fingerprint density at radius 1 is 1.62 bits per heavy atom. The van der Waals surface area contributed by atoms with Crippen LogP contribution in [0.1, 0.15) is 20.3 Å². The Morgan fingerprint density at radius 3 is 3.00 bits per heavy atom. The van der Waals surface area contributed by atoms with Gasteiger partial charge in [0.2, 0.25) is 0 Å². The lowest BCUT2D eigenvalue weighted by molar-refractivity contribution is 0.190. The van der Waals surface area contributed by atoms with E-state index in [4.69, 9.17) is 4.74 Å². The molecule has 5 nitrogen and oxygen atoms in total. The Labute approximate surface area is 95.5 Å². The fourth-order valence-electron chi connectivity index (χ4n) is 1.49. The smallest absolute Gasteiger partial charge is 0.293 e. The molecule has 0 amide bonds. The van der Waals surface area contributed by atoms with Gasteiger partial charge in [-0.1, -0.05) is 6.92 Å². The molecule has 1 aromatic rings. The molecule has 0 aliphatic heterocycles. The fraction of sp³-hybridized carbons (Fsp3) is 0.636. The number of hydrogen-bond acceptors (Lipinski definition) is 4. The van der Waals surface area contributed by atoms with Gasteiger partial charge in [0.1, 0.15) is 0 Å². The van der Waals surface area contributed by atoms with Gasteiger partial charge in [0.05, 0.1) is 6.61 Å². The highest BCUT2D eigenvalue weighted by atomic mass is 16.5. The van der Waals surface area contributed by atoms with Crippen LogP contribution in [0.3, 0.4) is 0 Å². The summed E-state index contributed by atoms with van der Waals surface area (Å²) < 4.78 is 6.66. The lowest BCUT2D eigenvalue weighted by Crippen LogP contribution is -2.29. The number of rotatable bonds is 6. The van der Waals surface area contributed by atoms with Gasteiger partial charge in [-0.3, -0.25) is 4.79 Å². The molecule has 0 aliphatic carbocycles. The zero-order valence-electron chi connectivity index (χ0n) is 10.1. The van der Waals surface area contributed by atoms with E-state index in [0.717, 1.165) is 6.42 Å². The third-order valence-electron chi connectivity index (χ3n) is 2.18. The molecule has 5 heteroatoms. The summed E-state index contributed by atoms with van der Waals surface area (Å²) in [7, 11) is 1.63. The van der Waals surface area contributed by atoms with Crippen LogP contribution in [0.5, 0.6) is 0 Å². The molecule has 0 spiro atoms. The zero-order chi connectivity index (χ0) is 12.0. The van der Waals surface area contributed by atoms with Crippen LogP contribution in [-0.2, 0) is 11.3 Å². The van der Waals surface area contributed by atoms with Gasteiger partial charge in [-0.25, -0.2) is 4.98 Å². The quantitative estimate of drug-likeness (QED) is 0.787. The minimum absolute atomic E-state index is 0.0719. The minimum Gasteiger partial charge on any atom is -0.383 e. The number of aromatic nitrogens is 2. The van der Waals surface area contributed by atoms with Crippen LogP contribution < -0.4 is 10.9 Å². The van der Waals surface area contributed by atoms with Crippen LogP contribution in [0.25, 0.3) is 0 Å². The average Bonchev–Trinajstić information content (AvgIpc) is 2.24. The molecule has 16 heavy (non-hydrogen) atoms. The molecule has 0 bridgehead atoms. The van der Waals surface area contributed by atoms with Gasteiger partial charge >= 0.3 is 0 Å². The molecule has 1 aromatic heterocycles. The largest absolute Gasteiger partial charge is 0.383 e. The lowest BCUT2D eigenvalue weighted by Gasteiger charge is -2.13. The van der Waals surface area contributed by atoms with Gasteiger partial charge in [-0.2, -0.15) is 0 Å². The van der Waals surface area contributed by atoms with Gasteiger partial charge in [-0.15, -0.1) is 0 Å². The van der Waals surface area contributed by atoms with Crippen LogP contribution in [0, 0.1) is 0 Å². The molecule has 1 atom stereocenters. The van der Waals surface area contributed by atoms with Gasteiger partial charge in [-0.05, 0) is 13.3 Å². The van der Waals surface area contributed by atoms with E-state index in [0.29, 0.717) is 19.0 Å². The molecule has 0 radical (unpaired) electrons. The topological polar surface area (TPSA) is 56.1 Å². The summed E-state index contributed by atoms with van der Waals surface area (Å²) >= 11 is 0. The van der Waals surface area contributed by atoms with E-state index in [-0.39, 0.29) is 11.6 Å². The zero-order valence-corrected chi connectivity index (χ0v) is 10.1. The Morgan fingerprint density at radius 2 is 2.38 bits per heavy atom. The maximum absolute atomic E-state index is 11.9. The summed E-state index contributed by atoms with van der Waals surface area (Å²) in [6, 6.07) is 0.0719. The van der Waals surface area contributed by atoms with Crippen molar-refractivity contribution in [3.63, 3.8) is 0 Å². The lowest BCUT2D eigenvalue weighted by atomic mass is 10.3. The van der Waals surface area contributed by atoms with Crippen LogP contribution >= 0.6 is 0 Å². The molecular weight excluding hydrogens is 206 g/mol. The molecule has 1 rings (SSSR count). The van der Waals surface area contributed by atoms with Gasteiger partial charge < -0.3 is 14.6 Å². The van der Waals surface area contributed by atoms with E-state index in [1.165, 1.54) is 0 Å². The normalized spacial score (nSPS) is 12.4. The second-order valence-corrected chi connectivity index (χ2v) is 3.78. The van der Waals surface area contributed by atoms with E-state index in [9.17, 15) is 4.79 Å². The van der Waals surface area contributed by atoms with Crippen LogP contribution in [0.4, 0.5) is 5.82 Å². The number of ether oxygens (including phenoxy) is 1. The van der Waals surface area contributed by atoms with E-state index >= 15 is 0 Å². The molecule has 90 valence electrons. The van der Waals surface area contributed by atoms with Crippen molar-refractivity contribution in [1.82, 2.24) is 9.55 Å². The average molecular weight is 225 g/mol. The fourth-order valence-corrected chi connectivity index (χ4v) is 1.49. The molecule has 0 aliphatic rings. The summed E-state index contributed by atoms with van der Waals surface area (Å²) in [5, 5.41) is 3.04. The summed E-state index contributed by atoms with van der Waals surface area (Å²) in [5.74, 6) is 0.389. The first-order valence-corrected chi connectivity index (χ1v) is 5.50. The predicted octanol–water partition coefficient (Wildman–Crippen LogP) is 1.10. The molecule has 1 heterocycles. The highest BCUT2D eigenvalue weighted by molar-refractivity contribution is 5.31. The monoisotopic (exact) mass is 225 g/mol. The second-order valence-electron chi connectivity index (χ2n) is 3.78. The first kappa shape index (κ1) is 12.7. The van der Waals surface area contributed by atoms with Crippen molar-refractivity contribution in [2.24, 2.45) is 0 Å². The standard InChI is InChI=1S/C11H19N3O2/c1-4-6-14-7-5-12-10(11(14)15)13-9(2)8-16-3/h5,7,9H,4,6,8H2,1-3H3,(H,12,13). The van der Waals surface area contributed by atoms with Crippen molar-refractivity contribution in [3.8, 4) is 0 Å². The number of hydrogen-bond donors (Lipinski definition) is 1. The number of nitrogens with one attached hydrogen (secondary N) is 1. The maximum Gasteiger partial charge on any atom is 0.293 e. The number of nitrogens with zero attached hydrogens (tertiary/aromatic N) is 2. The van der Waals surface area contributed by atoms with Crippen molar-refractivity contribution in [3.05, 3.63) is 22.7 Å². The van der Waals surface area contributed by atoms with Crippen molar-refractivity contribution >= 4 is 5.82 Å². The van der Waals surface area contributed by atoms with Crippen molar-refractivity contribution in [1.29, 1.82) is 0 Å². The molecule has 1 N–H and O–H groups in total. The summed E-state index contributed by atoms with van der Waals surface area (Å²) in [6.45, 7) is 5.24. The summed E-state index contributed by atoms with van der Waals surface area (Å²) in [4.78, 5) is 15.9. The molecule has 0 aromatic carbocycles. The Kier molecular flexibility index (Phi) is 4.98. The molecular formula is C11H19N3O2. The third kappa shape index (κ3) is 3.34. The number of methoxy groups -OCH3 is 1. The van der Waals surface area contributed by atoms with Crippen molar-refractivity contribution in [2.45, 2.75) is 32.9 Å². The third-order valence-corrected chi connectivity index (χ3v) is 2.18. The summed E-state index contributed by atoms with van der Waals surface area (Å²) in [6.07, 6.45) is 4.27. The van der Waals surface area contributed by atoms with Gasteiger partial charge in [0, 0.05) is 32.1 Å². The first-order valence-electron chi connectivity index (χ1n) is 5.50. The van der Waals surface area contributed by atoms with Crippen LogP contribution in [-0.4, -0.2) is 29.3 Å². The van der Waals surface area contributed by atoms with E-state index in [1.54, 1.807) is 24.1 Å². The first-order chi connectivity index (χ1) is 7.69. The Hall–Kier alpha value is -1.36. The number of aryl methyl sites for hydroxylation is 1. The predicted molar refractivity (Wildman–Crippen MR) is 63.7 cm³/mol. The minimum atomic E-state index is -0.0766. The van der Waals surface area contributed by atoms with Crippen molar-refractivity contribution in [2.75, 3.05) is 19.0 Å². The molecule has 0 saturated heterocycles. The van der Waals surface area contributed by atoms with Crippen molar-refractivity contribution < 1.29 is 4.74 Å². The Balaban J connectivity index is 2.80. The van der Waals surface area contributed by atoms with E-state index in [2.05, 4.69) is 10.3 Å². The maximum atomic E-state index is 11.9. The van der Waals surface area contributed by atoms with E-state index < -0.39 is 0 Å². The molecule has 0 saturated carbocycles. The summed E-state index contributed by atoms with van der Waals surface area (Å²) in [5.41, 5.74) is -0.0766. The highest BCUT2D eigenvalue weighted by Gasteiger charge is 2.07. The highest BCUT2D eigenvalue weighted by Crippen LogP contribution is 1.97. The molecule has 0 fully saturated rings. The molecule has 1 unspecified atom stereocenters. The second kappa shape index (κ2) is 6.27. The SMILES string of the molecule is CCCn1ccnc(NC(C)COC)c1=O.